The largest absolute Gasteiger partial charge is 0.354 e. The van der Waals surface area contributed by atoms with Crippen LogP contribution in [0.5, 0.6) is 0 Å². The fourth-order valence-electron chi connectivity index (χ4n) is 1.75. The molecule has 1 aromatic heterocycles. The standard InChI is InChI=1S/C10H13BrN2/c1-10(2)6-13(7-10)9-8(11)4-3-5-12-9/h3-5H,6-7H2,1-2H3. The van der Waals surface area contributed by atoms with Crippen LogP contribution in [0.3, 0.4) is 0 Å². The van der Waals surface area contributed by atoms with Crippen LogP contribution in [0.25, 0.3) is 0 Å². The first-order valence-corrected chi connectivity index (χ1v) is 5.23. The summed E-state index contributed by atoms with van der Waals surface area (Å²) in [5.74, 6) is 1.07. The van der Waals surface area contributed by atoms with Crippen molar-refractivity contribution in [1.29, 1.82) is 0 Å². The van der Waals surface area contributed by atoms with Crippen molar-refractivity contribution in [1.82, 2.24) is 4.98 Å². The Balaban J connectivity index is 2.16. The zero-order valence-electron chi connectivity index (χ0n) is 7.92. The first kappa shape index (κ1) is 9.00. The van der Waals surface area contributed by atoms with Gasteiger partial charge in [0.15, 0.2) is 0 Å². The molecule has 0 bridgehead atoms. The van der Waals surface area contributed by atoms with Crippen LogP contribution in [-0.4, -0.2) is 18.1 Å². The van der Waals surface area contributed by atoms with Gasteiger partial charge in [0.2, 0.25) is 0 Å². The molecule has 1 saturated heterocycles. The Bertz CT molecular complexity index is 314. The minimum atomic E-state index is 0.455. The minimum absolute atomic E-state index is 0.455. The van der Waals surface area contributed by atoms with Gasteiger partial charge in [0.25, 0.3) is 0 Å². The molecule has 0 saturated carbocycles. The van der Waals surface area contributed by atoms with Gasteiger partial charge in [-0.15, -0.1) is 0 Å². The van der Waals surface area contributed by atoms with Gasteiger partial charge < -0.3 is 4.90 Å². The van der Waals surface area contributed by atoms with Crippen LogP contribution in [-0.2, 0) is 0 Å². The molecule has 0 amide bonds. The van der Waals surface area contributed by atoms with Crippen molar-refractivity contribution in [2.45, 2.75) is 13.8 Å². The SMILES string of the molecule is CC1(C)CN(c2ncccc2Br)C1. The Labute approximate surface area is 87.1 Å². The Morgan fingerprint density at radius 1 is 1.46 bits per heavy atom. The molecule has 70 valence electrons. The normalized spacial score (nSPS) is 19.8. The summed E-state index contributed by atoms with van der Waals surface area (Å²) in [6.07, 6.45) is 1.84. The quantitative estimate of drug-likeness (QED) is 0.751. The third kappa shape index (κ3) is 1.70. The fraction of sp³-hybridized carbons (Fsp3) is 0.500. The number of hydrogen-bond donors (Lipinski definition) is 0. The molecule has 1 aliphatic rings. The van der Waals surface area contributed by atoms with Crippen molar-refractivity contribution >= 4 is 21.7 Å². The van der Waals surface area contributed by atoms with E-state index in [1.165, 1.54) is 0 Å². The lowest BCUT2D eigenvalue weighted by Crippen LogP contribution is -2.53. The summed E-state index contributed by atoms with van der Waals surface area (Å²) >= 11 is 3.50. The fourth-order valence-corrected chi connectivity index (χ4v) is 2.25. The minimum Gasteiger partial charge on any atom is -0.354 e. The highest BCUT2D eigenvalue weighted by atomic mass is 79.9. The number of halogens is 1. The van der Waals surface area contributed by atoms with Crippen molar-refractivity contribution in [3.8, 4) is 0 Å². The molecule has 1 fully saturated rings. The van der Waals surface area contributed by atoms with E-state index in [0.29, 0.717) is 5.41 Å². The van der Waals surface area contributed by atoms with Gasteiger partial charge in [0.1, 0.15) is 5.82 Å². The highest BCUT2D eigenvalue weighted by molar-refractivity contribution is 9.10. The summed E-state index contributed by atoms with van der Waals surface area (Å²) in [5, 5.41) is 0. The average molecular weight is 241 g/mol. The third-order valence-corrected chi connectivity index (χ3v) is 2.90. The van der Waals surface area contributed by atoms with Crippen molar-refractivity contribution in [2.75, 3.05) is 18.0 Å². The third-order valence-electron chi connectivity index (χ3n) is 2.28. The second-order valence-electron chi connectivity index (χ2n) is 4.33. The maximum Gasteiger partial charge on any atom is 0.142 e. The molecule has 0 spiro atoms. The van der Waals surface area contributed by atoms with Crippen LogP contribution in [0.1, 0.15) is 13.8 Å². The lowest BCUT2D eigenvalue weighted by atomic mass is 9.84. The molecule has 13 heavy (non-hydrogen) atoms. The maximum atomic E-state index is 4.34. The zero-order chi connectivity index (χ0) is 9.47. The van der Waals surface area contributed by atoms with E-state index in [0.717, 1.165) is 23.4 Å². The van der Waals surface area contributed by atoms with Crippen molar-refractivity contribution in [3.63, 3.8) is 0 Å². The molecular weight excluding hydrogens is 228 g/mol. The molecule has 0 N–H and O–H groups in total. The number of aromatic nitrogens is 1. The van der Waals surface area contributed by atoms with E-state index in [1.54, 1.807) is 0 Å². The topological polar surface area (TPSA) is 16.1 Å². The Morgan fingerprint density at radius 3 is 2.69 bits per heavy atom. The highest BCUT2D eigenvalue weighted by Crippen LogP contribution is 2.35. The average Bonchev–Trinajstić information content (AvgIpc) is 2.01. The van der Waals surface area contributed by atoms with E-state index in [9.17, 15) is 0 Å². The molecule has 2 heterocycles. The molecule has 0 atom stereocenters. The van der Waals surface area contributed by atoms with Crippen molar-refractivity contribution in [3.05, 3.63) is 22.8 Å². The van der Waals surface area contributed by atoms with Gasteiger partial charge in [0, 0.05) is 19.3 Å². The molecule has 1 aliphatic heterocycles. The van der Waals surface area contributed by atoms with E-state index in [-0.39, 0.29) is 0 Å². The molecule has 0 aromatic carbocycles. The molecule has 0 aliphatic carbocycles. The van der Waals surface area contributed by atoms with E-state index in [1.807, 2.05) is 18.3 Å². The number of nitrogens with zero attached hydrogens (tertiary/aromatic N) is 2. The van der Waals surface area contributed by atoms with Crippen LogP contribution in [0.4, 0.5) is 5.82 Å². The first-order chi connectivity index (χ1) is 6.08. The molecule has 0 radical (unpaired) electrons. The summed E-state index contributed by atoms with van der Waals surface area (Å²) in [7, 11) is 0. The number of hydrogen-bond acceptors (Lipinski definition) is 2. The van der Waals surface area contributed by atoms with E-state index >= 15 is 0 Å². The number of anilines is 1. The summed E-state index contributed by atoms with van der Waals surface area (Å²) in [4.78, 5) is 6.64. The summed E-state index contributed by atoms with van der Waals surface area (Å²) in [6.45, 7) is 6.76. The van der Waals surface area contributed by atoms with Gasteiger partial charge in [-0.3, -0.25) is 0 Å². The summed E-state index contributed by atoms with van der Waals surface area (Å²) in [5.41, 5.74) is 0.455. The maximum absolute atomic E-state index is 4.34. The zero-order valence-corrected chi connectivity index (χ0v) is 9.50. The Kier molecular flexibility index (Phi) is 2.06. The molecule has 2 rings (SSSR count). The molecule has 2 nitrogen and oxygen atoms in total. The van der Waals surface area contributed by atoms with E-state index in [4.69, 9.17) is 0 Å². The summed E-state index contributed by atoms with van der Waals surface area (Å²) in [6, 6.07) is 3.98. The van der Waals surface area contributed by atoms with Crippen LogP contribution >= 0.6 is 15.9 Å². The van der Waals surface area contributed by atoms with Crippen molar-refractivity contribution in [2.24, 2.45) is 5.41 Å². The lowest BCUT2D eigenvalue weighted by molar-refractivity contribution is 0.274. The molecule has 1 aromatic rings. The smallest absolute Gasteiger partial charge is 0.142 e. The van der Waals surface area contributed by atoms with Crippen LogP contribution in [0.2, 0.25) is 0 Å². The van der Waals surface area contributed by atoms with Gasteiger partial charge in [0.05, 0.1) is 4.47 Å². The number of rotatable bonds is 1. The Hall–Kier alpha value is -0.570. The van der Waals surface area contributed by atoms with Crippen LogP contribution in [0, 0.1) is 5.41 Å². The monoisotopic (exact) mass is 240 g/mol. The molecular formula is C10H13BrN2. The van der Waals surface area contributed by atoms with Gasteiger partial charge in [-0.1, -0.05) is 13.8 Å². The predicted molar refractivity (Wildman–Crippen MR) is 57.9 cm³/mol. The predicted octanol–water partition coefficient (Wildman–Crippen LogP) is 2.69. The highest BCUT2D eigenvalue weighted by Gasteiger charge is 2.35. The van der Waals surface area contributed by atoms with Crippen LogP contribution in [0.15, 0.2) is 22.8 Å². The second-order valence-corrected chi connectivity index (χ2v) is 5.18. The molecule has 0 unspecified atom stereocenters. The van der Waals surface area contributed by atoms with Crippen molar-refractivity contribution < 1.29 is 0 Å². The van der Waals surface area contributed by atoms with E-state index in [2.05, 4.69) is 39.7 Å². The van der Waals surface area contributed by atoms with Gasteiger partial charge in [-0.2, -0.15) is 0 Å². The first-order valence-electron chi connectivity index (χ1n) is 4.44. The second kappa shape index (κ2) is 2.98. The summed E-state index contributed by atoms with van der Waals surface area (Å²) < 4.78 is 1.09. The molecule has 3 heteroatoms. The number of pyridine rings is 1. The van der Waals surface area contributed by atoms with Gasteiger partial charge >= 0.3 is 0 Å². The van der Waals surface area contributed by atoms with E-state index < -0.39 is 0 Å². The lowest BCUT2D eigenvalue weighted by Gasteiger charge is -2.46. The Morgan fingerprint density at radius 2 is 2.15 bits per heavy atom. The van der Waals surface area contributed by atoms with Gasteiger partial charge in [-0.25, -0.2) is 4.98 Å². The van der Waals surface area contributed by atoms with Gasteiger partial charge in [-0.05, 0) is 33.5 Å². The van der Waals surface area contributed by atoms with Crippen LogP contribution < -0.4 is 4.90 Å².